The lowest BCUT2D eigenvalue weighted by molar-refractivity contribution is 0.0402. The summed E-state index contributed by atoms with van der Waals surface area (Å²) in [5.74, 6) is -1.39. The third-order valence-electron chi connectivity index (χ3n) is 4.94. The standard InChI is InChI=1S/C24H20F2N2O2/c25-19-12-10-17(11-13-19)15-28(24(29)21-8-4-5-9-22(21)26)16-20-14-23(27-30-20)18-6-2-1-3-7-18/h1-13,20H,14-16H2/t20-/m1/s1. The first-order chi connectivity index (χ1) is 14.6. The van der Waals surface area contributed by atoms with Crippen LogP contribution in [0.3, 0.4) is 0 Å². The Morgan fingerprint density at radius 1 is 0.967 bits per heavy atom. The van der Waals surface area contributed by atoms with Gasteiger partial charge in [-0.3, -0.25) is 4.79 Å². The average Bonchev–Trinajstić information content (AvgIpc) is 3.24. The predicted molar refractivity (Wildman–Crippen MR) is 110 cm³/mol. The Bertz CT molecular complexity index is 1050. The Hall–Kier alpha value is -3.54. The number of hydrogen-bond acceptors (Lipinski definition) is 3. The molecule has 1 amide bonds. The van der Waals surface area contributed by atoms with Crippen molar-refractivity contribution in [2.75, 3.05) is 6.54 Å². The summed E-state index contributed by atoms with van der Waals surface area (Å²) in [6.45, 7) is 0.429. The fraction of sp³-hybridized carbons (Fsp3) is 0.167. The van der Waals surface area contributed by atoms with E-state index in [1.807, 2.05) is 30.3 Å². The summed E-state index contributed by atoms with van der Waals surface area (Å²) < 4.78 is 27.5. The molecule has 1 heterocycles. The van der Waals surface area contributed by atoms with E-state index in [9.17, 15) is 13.6 Å². The number of halogens is 2. The zero-order chi connectivity index (χ0) is 20.9. The van der Waals surface area contributed by atoms with E-state index in [0.29, 0.717) is 6.42 Å². The van der Waals surface area contributed by atoms with Gasteiger partial charge >= 0.3 is 0 Å². The van der Waals surface area contributed by atoms with Crippen LogP contribution in [0, 0.1) is 11.6 Å². The molecule has 152 valence electrons. The minimum atomic E-state index is -0.583. The molecule has 4 rings (SSSR count). The molecule has 3 aromatic carbocycles. The Kier molecular flexibility index (Phi) is 5.84. The highest BCUT2D eigenvalue weighted by Crippen LogP contribution is 2.20. The van der Waals surface area contributed by atoms with Crippen molar-refractivity contribution in [2.45, 2.75) is 19.1 Å². The van der Waals surface area contributed by atoms with Gasteiger partial charge in [-0.25, -0.2) is 8.78 Å². The number of amides is 1. The van der Waals surface area contributed by atoms with E-state index in [1.165, 1.54) is 35.2 Å². The van der Waals surface area contributed by atoms with Crippen LogP contribution in [0.2, 0.25) is 0 Å². The van der Waals surface area contributed by atoms with E-state index in [0.717, 1.165) is 16.8 Å². The zero-order valence-electron chi connectivity index (χ0n) is 16.2. The van der Waals surface area contributed by atoms with Gasteiger partial charge in [0, 0.05) is 13.0 Å². The summed E-state index contributed by atoms with van der Waals surface area (Å²) in [5.41, 5.74) is 2.50. The van der Waals surface area contributed by atoms with E-state index in [-0.39, 0.29) is 30.6 Å². The molecule has 0 fully saturated rings. The number of oxime groups is 1. The van der Waals surface area contributed by atoms with Crippen LogP contribution in [0.5, 0.6) is 0 Å². The van der Waals surface area contributed by atoms with E-state index in [2.05, 4.69) is 5.16 Å². The quantitative estimate of drug-likeness (QED) is 0.590. The molecular weight excluding hydrogens is 386 g/mol. The predicted octanol–water partition coefficient (Wildman–Crippen LogP) is 4.80. The van der Waals surface area contributed by atoms with Crippen molar-refractivity contribution in [3.05, 3.63) is 107 Å². The van der Waals surface area contributed by atoms with Crippen LogP contribution >= 0.6 is 0 Å². The first kappa shape index (κ1) is 19.8. The molecule has 1 aliphatic heterocycles. The minimum absolute atomic E-state index is 0.0122. The van der Waals surface area contributed by atoms with Crippen molar-refractivity contribution in [2.24, 2.45) is 5.16 Å². The molecule has 30 heavy (non-hydrogen) atoms. The van der Waals surface area contributed by atoms with Gasteiger partial charge in [0.25, 0.3) is 5.91 Å². The number of rotatable bonds is 6. The largest absolute Gasteiger partial charge is 0.390 e. The maximum atomic E-state index is 14.2. The Morgan fingerprint density at radius 2 is 1.67 bits per heavy atom. The number of carbonyl (C=O) groups is 1. The van der Waals surface area contributed by atoms with Crippen molar-refractivity contribution in [1.29, 1.82) is 0 Å². The molecule has 0 radical (unpaired) electrons. The van der Waals surface area contributed by atoms with Crippen molar-refractivity contribution >= 4 is 11.6 Å². The Labute approximate surface area is 173 Å². The molecule has 3 aromatic rings. The Morgan fingerprint density at radius 3 is 2.40 bits per heavy atom. The van der Waals surface area contributed by atoms with Crippen LogP contribution in [-0.2, 0) is 11.4 Å². The lowest BCUT2D eigenvalue weighted by atomic mass is 10.0. The monoisotopic (exact) mass is 406 g/mol. The van der Waals surface area contributed by atoms with Gasteiger partial charge in [-0.2, -0.15) is 0 Å². The SMILES string of the molecule is O=C(c1ccccc1F)N(Cc1ccc(F)cc1)C[C@H]1CC(c2ccccc2)=NO1. The molecule has 1 aliphatic rings. The summed E-state index contributed by atoms with van der Waals surface area (Å²) in [4.78, 5) is 20.2. The van der Waals surface area contributed by atoms with Gasteiger partial charge in [0.1, 0.15) is 11.6 Å². The van der Waals surface area contributed by atoms with Crippen molar-refractivity contribution in [1.82, 2.24) is 4.90 Å². The number of carbonyl (C=O) groups excluding carboxylic acids is 1. The summed E-state index contributed by atoms with van der Waals surface area (Å²) in [6.07, 6.45) is 0.186. The summed E-state index contributed by atoms with van der Waals surface area (Å²) in [7, 11) is 0. The molecule has 0 aromatic heterocycles. The van der Waals surface area contributed by atoms with Gasteiger partial charge in [-0.1, -0.05) is 59.8 Å². The zero-order valence-corrected chi connectivity index (χ0v) is 16.2. The topological polar surface area (TPSA) is 41.9 Å². The van der Waals surface area contributed by atoms with Gasteiger partial charge < -0.3 is 9.74 Å². The van der Waals surface area contributed by atoms with Crippen molar-refractivity contribution in [3.63, 3.8) is 0 Å². The number of benzene rings is 3. The summed E-state index contributed by atoms with van der Waals surface area (Å²) in [6, 6.07) is 21.4. The van der Waals surface area contributed by atoms with Gasteiger partial charge in [0.05, 0.1) is 17.8 Å². The molecular formula is C24H20F2N2O2. The molecule has 0 spiro atoms. The van der Waals surface area contributed by atoms with Crippen molar-refractivity contribution < 1.29 is 18.4 Å². The fourth-order valence-corrected chi connectivity index (χ4v) is 3.41. The lowest BCUT2D eigenvalue weighted by Gasteiger charge is -2.25. The van der Waals surface area contributed by atoms with Crippen LogP contribution < -0.4 is 0 Å². The van der Waals surface area contributed by atoms with Gasteiger partial charge in [0.2, 0.25) is 0 Å². The van der Waals surface area contributed by atoms with Gasteiger partial charge in [-0.15, -0.1) is 0 Å². The molecule has 0 N–H and O–H groups in total. The lowest BCUT2D eigenvalue weighted by Crippen LogP contribution is -2.37. The van der Waals surface area contributed by atoms with E-state index in [1.54, 1.807) is 18.2 Å². The van der Waals surface area contributed by atoms with E-state index in [4.69, 9.17) is 4.84 Å². The maximum Gasteiger partial charge on any atom is 0.257 e. The second-order valence-electron chi connectivity index (χ2n) is 7.13. The van der Waals surface area contributed by atoms with Crippen LogP contribution in [0.1, 0.15) is 27.9 Å². The summed E-state index contributed by atoms with van der Waals surface area (Å²) >= 11 is 0. The van der Waals surface area contributed by atoms with Crippen LogP contribution in [0.15, 0.2) is 84.0 Å². The average molecular weight is 406 g/mol. The Balaban J connectivity index is 1.52. The first-order valence-electron chi connectivity index (χ1n) is 9.66. The molecule has 0 bridgehead atoms. The molecule has 0 saturated heterocycles. The van der Waals surface area contributed by atoms with Gasteiger partial charge in [-0.05, 0) is 35.4 Å². The third-order valence-corrected chi connectivity index (χ3v) is 4.94. The molecule has 1 atom stereocenters. The first-order valence-corrected chi connectivity index (χ1v) is 9.66. The highest BCUT2D eigenvalue weighted by atomic mass is 19.1. The van der Waals surface area contributed by atoms with Crippen LogP contribution in [0.25, 0.3) is 0 Å². The second kappa shape index (κ2) is 8.86. The molecule has 0 unspecified atom stereocenters. The third kappa shape index (κ3) is 4.54. The second-order valence-corrected chi connectivity index (χ2v) is 7.13. The van der Waals surface area contributed by atoms with E-state index < -0.39 is 11.7 Å². The minimum Gasteiger partial charge on any atom is -0.390 e. The molecule has 0 saturated carbocycles. The maximum absolute atomic E-state index is 14.2. The highest BCUT2D eigenvalue weighted by Gasteiger charge is 2.28. The number of hydrogen-bond donors (Lipinski definition) is 0. The van der Waals surface area contributed by atoms with Crippen molar-refractivity contribution in [3.8, 4) is 0 Å². The van der Waals surface area contributed by atoms with E-state index >= 15 is 0 Å². The smallest absolute Gasteiger partial charge is 0.257 e. The van der Waals surface area contributed by atoms with Gasteiger partial charge in [0.15, 0.2) is 6.10 Å². The van der Waals surface area contributed by atoms with Crippen LogP contribution in [-0.4, -0.2) is 29.2 Å². The number of nitrogens with zero attached hydrogens (tertiary/aromatic N) is 2. The highest BCUT2D eigenvalue weighted by molar-refractivity contribution is 6.01. The summed E-state index contributed by atoms with van der Waals surface area (Å²) in [5, 5.41) is 4.16. The fourth-order valence-electron chi connectivity index (χ4n) is 3.41. The normalized spacial score (nSPS) is 15.4. The molecule has 4 nitrogen and oxygen atoms in total. The van der Waals surface area contributed by atoms with Crippen LogP contribution in [0.4, 0.5) is 8.78 Å². The molecule has 6 heteroatoms. The molecule has 0 aliphatic carbocycles.